The van der Waals surface area contributed by atoms with Crippen LogP contribution in [-0.2, 0) is 14.3 Å². The van der Waals surface area contributed by atoms with Crippen LogP contribution in [0.1, 0.15) is 66.2 Å². The lowest BCUT2D eigenvalue weighted by Gasteiger charge is -2.29. The Morgan fingerprint density at radius 3 is 2.10 bits per heavy atom. The van der Waals surface area contributed by atoms with E-state index in [1.165, 1.54) is 0 Å². The third kappa shape index (κ3) is 11.4. The molecule has 0 radical (unpaired) electrons. The van der Waals surface area contributed by atoms with Crippen molar-refractivity contribution < 1.29 is 19.4 Å². The van der Waals surface area contributed by atoms with Gasteiger partial charge in [0.15, 0.2) is 0 Å². The minimum absolute atomic E-state index is 0.185. The molecule has 0 aromatic carbocycles. The van der Waals surface area contributed by atoms with Crippen LogP contribution in [0.15, 0.2) is 0 Å². The topological polar surface area (TPSA) is 55.8 Å². The van der Waals surface area contributed by atoms with Gasteiger partial charge in [0.25, 0.3) is 0 Å². The monoisotopic (exact) mass is 288 g/mol. The van der Waals surface area contributed by atoms with Gasteiger partial charge in [0.05, 0.1) is 17.8 Å². The summed E-state index contributed by atoms with van der Waals surface area (Å²) in [5, 5.41) is 8.72. The molecular weight excluding hydrogens is 256 g/mol. The number of aliphatic hydroxyl groups is 1. The maximum atomic E-state index is 10.3. The van der Waals surface area contributed by atoms with Crippen LogP contribution in [0.3, 0.4) is 0 Å². The predicted molar refractivity (Wildman–Crippen MR) is 80.9 cm³/mol. The first-order valence-electron chi connectivity index (χ1n) is 7.65. The highest BCUT2D eigenvalue weighted by molar-refractivity contribution is 5.48. The first-order valence-corrected chi connectivity index (χ1v) is 7.65. The van der Waals surface area contributed by atoms with Crippen molar-refractivity contribution in [3.05, 3.63) is 0 Å². The molecule has 0 fully saturated rings. The van der Waals surface area contributed by atoms with Crippen LogP contribution in [0.2, 0.25) is 0 Å². The van der Waals surface area contributed by atoms with Gasteiger partial charge < -0.3 is 19.4 Å². The average Bonchev–Trinajstić information content (AvgIpc) is 2.34. The van der Waals surface area contributed by atoms with Crippen LogP contribution < -0.4 is 0 Å². The quantitative estimate of drug-likeness (QED) is 0.418. The van der Waals surface area contributed by atoms with Crippen molar-refractivity contribution in [1.82, 2.24) is 0 Å². The number of carbonyl (C=O) groups excluding carboxylic acids is 1. The van der Waals surface area contributed by atoms with Crippen molar-refractivity contribution >= 4 is 6.29 Å². The fourth-order valence-corrected chi connectivity index (χ4v) is 1.89. The Morgan fingerprint density at radius 1 is 0.900 bits per heavy atom. The minimum Gasteiger partial charge on any atom is -0.396 e. The van der Waals surface area contributed by atoms with Gasteiger partial charge in [-0.1, -0.05) is 0 Å². The van der Waals surface area contributed by atoms with Crippen LogP contribution in [0.4, 0.5) is 0 Å². The Kier molecular flexibility index (Phi) is 10.1. The zero-order valence-electron chi connectivity index (χ0n) is 13.6. The van der Waals surface area contributed by atoms with E-state index in [0.717, 1.165) is 38.4 Å². The molecule has 4 heteroatoms. The molecule has 0 saturated carbocycles. The molecule has 0 aromatic heterocycles. The normalized spacial score (nSPS) is 12.7. The van der Waals surface area contributed by atoms with Crippen LogP contribution in [-0.4, -0.2) is 42.4 Å². The van der Waals surface area contributed by atoms with Gasteiger partial charge in [0.2, 0.25) is 0 Å². The van der Waals surface area contributed by atoms with E-state index in [1.807, 2.05) is 0 Å². The summed E-state index contributed by atoms with van der Waals surface area (Å²) in [6.07, 6.45) is 5.84. The van der Waals surface area contributed by atoms with Gasteiger partial charge in [0, 0.05) is 19.6 Å². The highest BCUT2D eigenvalue weighted by atomic mass is 16.5. The molecule has 0 aliphatic carbocycles. The van der Waals surface area contributed by atoms with Gasteiger partial charge in [-0.3, -0.25) is 0 Å². The molecular formula is C16H32O4. The van der Waals surface area contributed by atoms with Gasteiger partial charge in [-0.2, -0.15) is 0 Å². The van der Waals surface area contributed by atoms with Gasteiger partial charge in [-0.15, -0.1) is 0 Å². The third-order valence-corrected chi connectivity index (χ3v) is 3.34. The molecule has 0 atom stereocenters. The second kappa shape index (κ2) is 10.3. The summed E-state index contributed by atoms with van der Waals surface area (Å²) in [5.41, 5.74) is -0.385. The first-order chi connectivity index (χ1) is 9.33. The summed E-state index contributed by atoms with van der Waals surface area (Å²) in [6.45, 7) is 9.81. The lowest BCUT2D eigenvalue weighted by molar-refractivity contribution is -0.108. The van der Waals surface area contributed by atoms with Crippen molar-refractivity contribution in [1.29, 1.82) is 0 Å². The molecule has 0 unspecified atom stereocenters. The van der Waals surface area contributed by atoms with E-state index in [1.54, 1.807) is 0 Å². The van der Waals surface area contributed by atoms with E-state index >= 15 is 0 Å². The molecule has 0 bridgehead atoms. The van der Waals surface area contributed by atoms with Crippen molar-refractivity contribution in [3.8, 4) is 0 Å². The molecule has 0 heterocycles. The van der Waals surface area contributed by atoms with E-state index in [-0.39, 0.29) is 17.8 Å². The van der Waals surface area contributed by atoms with Gasteiger partial charge >= 0.3 is 0 Å². The molecule has 0 aromatic rings. The Labute approximate surface area is 123 Å². The average molecular weight is 288 g/mol. The first kappa shape index (κ1) is 19.6. The highest BCUT2D eigenvalue weighted by Crippen LogP contribution is 2.21. The molecule has 20 heavy (non-hydrogen) atoms. The molecule has 1 N–H and O–H groups in total. The van der Waals surface area contributed by atoms with Gasteiger partial charge in [-0.25, -0.2) is 0 Å². The molecule has 0 aliphatic rings. The standard InChI is InChI=1S/C16H32O4/c1-15(2,9-5-6-11-17)20-14-10-16(3,4)19-13-8-7-12-18/h11,18H,5-10,12-14H2,1-4H3. The number of unbranched alkanes of at least 4 members (excludes halogenated alkanes) is 2. The predicted octanol–water partition coefficient (Wildman–Crippen LogP) is 3.11. The summed E-state index contributed by atoms with van der Waals surface area (Å²) in [4.78, 5) is 10.3. The fourth-order valence-electron chi connectivity index (χ4n) is 1.89. The molecule has 0 amide bonds. The summed E-state index contributed by atoms with van der Waals surface area (Å²) in [5.74, 6) is 0. The number of hydrogen-bond donors (Lipinski definition) is 1. The highest BCUT2D eigenvalue weighted by Gasteiger charge is 2.22. The van der Waals surface area contributed by atoms with Crippen molar-refractivity contribution in [2.75, 3.05) is 19.8 Å². The van der Waals surface area contributed by atoms with Gasteiger partial charge in [-0.05, 0) is 59.8 Å². The number of ether oxygens (including phenoxy) is 2. The number of aliphatic hydroxyl groups excluding tert-OH is 1. The van der Waals surface area contributed by atoms with Crippen molar-refractivity contribution in [2.45, 2.75) is 77.4 Å². The summed E-state index contributed by atoms with van der Waals surface area (Å²) in [6, 6.07) is 0. The minimum atomic E-state index is -0.200. The Morgan fingerprint density at radius 2 is 1.50 bits per heavy atom. The van der Waals surface area contributed by atoms with Crippen LogP contribution >= 0.6 is 0 Å². The SMILES string of the molecule is CC(C)(CCCC=O)OCCC(C)(C)OCCCCO. The summed E-state index contributed by atoms with van der Waals surface area (Å²) < 4.78 is 11.7. The smallest absolute Gasteiger partial charge is 0.119 e. The number of hydrogen-bond acceptors (Lipinski definition) is 4. The maximum absolute atomic E-state index is 10.3. The summed E-state index contributed by atoms with van der Waals surface area (Å²) >= 11 is 0. The Bertz CT molecular complexity index is 249. The zero-order chi connectivity index (χ0) is 15.5. The molecule has 0 aliphatic heterocycles. The van der Waals surface area contributed by atoms with E-state index in [9.17, 15) is 4.79 Å². The number of aldehydes is 1. The largest absolute Gasteiger partial charge is 0.396 e. The molecule has 0 rings (SSSR count). The summed E-state index contributed by atoms with van der Waals surface area (Å²) in [7, 11) is 0. The second-order valence-corrected chi connectivity index (χ2v) is 6.46. The maximum Gasteiger partial charge on any atom is 0.119 e. The van der Waals surface area contributed by atoms with E-state index in [2.05, 4.69) is 27.7 Å². The fraction of sp³-hybridized carbons (Fsp3) is 0.938. The third-order valence-electron chi connectivity index (χ3n) is 3.34. The Hall–Kier alpha value is -0.450. The van der Waals surface area contributed by atoms with Gasteiger partial charge in [0.1, 0.15) is 6.29 Å². The van der Waals surface area contributed by atoms with E-state index in [4.69, 9.17) is 14.6 Å². The van der Waals surface area contributed by atoms with Crippen LogP contribution in [0.5, 0.6) is 0 Å². The Balaban J connectivity index is 3.80. The molecule has 0 saturated heterocycles. The lowest BCUT2D eigenvalue weighted by Crippen LogP contribution is -2.31. The van der Waals surface area contributed by atoms with E-state index < -0.39 is 0 Å². The van der Waals surface area contributed by atoms with E-state index in [0.29, 0.717) is 19.6 Å². The van der Waals surface area contributed by atoms with Crippen LogP contribution in [0.25, 0.3) is 0 Å². The molecule has 4 nitrogen and oxygen atoms in total. The zero-order valence-corrected chi connectivity index (χ0v) is 13.6. The second-order valence-electron chi connectivity index (χ2n) is 6.46. The van der Waals surface area contributed by atoms with Crippen LogP contribution in [0, 0.1) is 0 Å². The number of carbonyl (C=O) groups is 1. The van der Waals surface area contributed by atoms with Crippen molar-refractivity contribution in [2.24, 2.45) is 0 Å². The van der Waals surface area contributed by atoms with Crippen molar-refractivity contribution in [3.63, 3.8) is 0 Å². The lowest BCUT2D eigenvalue weighted by atomic mass is 10.0. The molecule has 120 valence electrons. The molecule has 0 spiro atoms. The number of rotatable bonds is 13.